The largest absolute Gasteiger partial charge is 0.449 e. The van der Waals surface area contributed by atoms with Crippen molar-refractivity contribution in [3.63, 3.8) is 0 Å². The number of ketones is 1. The van der Waals surface area contributed by atoms with Gasteiger partial charge in [-0.15, -0.1) is 0 Å². The number of carbonyl (C=O) groups is 1. The van der Waals surface area contributed by atoms with Crippen molar-refractivity contribution in [1.82, 2.24) is 0 Å². The van der Waals surface area contributed by atoms with E-state index in [4.69, 9.17) is 60.6 Å². The second-order valence-corrected chi connectivity index (χ2v) is 8.74. The average molecular weight is 478 g/mol. The number of rotatable bonds is 3. The lowest BCUT2D eigenvalue weighted by Gasteiger charge is -2.51. The van der Waals surface area contributed by atoms with Crippen molar-refractivity contribution >= 4 is 52.2 Å². The SMILES string of the molecule is CC1CC(=O)C2(OCc3ccccc3)Oc3c(Cl)c(Cl)c(Cl)c(Cl)c3OC2(O)C1. The zero-order chi connectivity index (χ0) is 21.0. The van der Waals surface area contributed by atoms with E-state index in [1.54, 1.807) is 0 Å². The van der Waals surface area contributed by atoms with Crippen molar-refractivity contribution < 1.29 is 24.1 Å². The molecule has 0 aromatic heterocycles. The number of fused-ring (bicyclic) bond motifs is 2. The standard InChI is InChI=1S/C20H16Cl4O5/c1-10-7-12(25)20(27-9-11-5-3-2-4-6-11)19(26,8-10)28-17-15(23)13(21)14(22)16(24)18(17)29-20/h2-6,10,26H,7-9H2,1H3. The molecular formula is C20H16Cl4O5. The summed E-state index contributed by atoms with van der Waals surface area (Å²) in [7, 11) is 0. The lowest BCUT2D eigenvalue weighted by atomic mass is 9.79. The molecule has 154 valence electrons. The molecule has 2 aromatic carbocycles. The summed E-state index contributed by atoms with van der Waals surface area (Å²) in [5.41, 5.74) is 0.781. The van der Waals surface area contributed by atoms with E-state index in [1.165, 1.54) is 0 Å². The van der Waals surface area contributed by atoms with Crippen LogP contribution in [0.25, 0.3) is 0 Å². The number of ether oxygens (including phenoxy) is 3. The number of benzene rings is 2. The highest BCUT2D eigenvalue weighted by atomic mass is 35.5. The lowest BCUT2D eigenvalue weighted by molar-refractivity contribution is -0.355. The van der Waals surface area contributed by atoms with E-state index in [1.807, 2.05) is 37.3 Å². The predicted molar refractivity (Wildman–Crippen MR) is 110 cm³/mol. The van der Waals surface area contributed by atoms with Crippen LogP contribution in [0.5, 0.6) is 11.5 Å². The van der Waals surface area contributed by atoms with Crippen LogP contribution < -0.4 is 9.47 Å². The molecule has 1 heterocycles. The third kappa shape index (κ3) is 3.29. The monoisotopic (exact) mass is 476 g/mol. The van der Waals surface area contributed by atoms with Gasteiger partial charge in [0.25, 0.3) is 5.79 Å². The topological polar surface area (TPSA) is 65.0 Å². The molecule has 1 aliphatic heterocycles. The zero-order valence-corrected chi connectivity index (χ0v) is 18.2. The first-order valence-electron chi connectivity index (χ1n) is 8.86. The predicted octanol–water partition coefficient (Wildman–Crippen LogP) is 5.67. The molecule has 4 rings (SSSR count). The number of halogens is 4. The van der Waals surface area contributed by atoms with E-state index < -0.39 is 17.4 Å². The van der Waals surface area contributed by atoms with E-state index in [-0.39, 0.29) is 57.0 Å². The minimum absolute atomic E-state index is 0.00532. The summed E-state index contributed by atoms with van der Waals surface area (Å²) in [6.45, 7) is 1.81. The molecule has 3 unspecified atom stereocenters. The van der Waals surface area contributed by atoms with Crippen LogP contribution in [-0.4, -0.2) is 22.5 Å². The second-order valence-electron chi connectivity index (χ2n) is 7.23. The van der Waals surface area contributed by atoms with Crippen molar-refractivity contribution in [2.24, 2.45) is 5.92 Å². The Kier molecular flexibility index (Phi) is 5.43. The van der Waals surface area contributed by atoms with Gasteiger partial charge < -0.3 is 19.3 Å². The van der Waals surface area contributed by atoms with Crippen molar-refractivity contribution in [3.05, 3.63) is 56.0 Å². The van der Waals surface area contributed by atoms with Gasteiger partial charge in [0, 0.05) is 12.8 Å². The Hall–Kier alpha value is -1.21. The van der Waals surface area contributed by atoms with Gasteiger partial charge in [0.1, 0.15) is 10.0 Å². The number of carbonyl (C=O) groups excluding carboxylic acids is 1. The number of hydrogen-bond acceptors (Lipinski definition) is 5. The Labute approximate surface area is 187 Å². The van der Waals surface area contributed by atoms with Gasteiger partial charge in [-0.2, -0.15) is 0 Å². The third-order valence-corrected chi connectivity index (χ3v) is 6.79. The summed E-state index contributed by atoms with van der Waals surface area (Å²) in [5.74, 6) is -5.11. The fraction of sp³-hybridized carbons (Fsp3) is 0.350. The van der Waals surface area contributed by atoms with E-state index in [0.717, 1.165) is 5.56 Å². The van der Waals surface area contributed by atoms with E-state index in [0.29, 0.717) is 0 Å². The molecule has 0 bridgehead atoms. The fourth-order valence-corrected chi connectivity index (χ4v) is 4.56. The highest BCUT2D eigenvalue weighted by molar-refractivity contribution is 6.53. The molecule has 0 saturated heterocycles. The van der Waals surface area contributed by atoms with Crippen LogP contribution in [0.1, 0.15) is 25.3 Å². The number of Topliss-reactive ketones (excluding diaryl/α,β-unsaturated/α-hetero) is 1. The maximum Gasteiger partial charge on any atom is 0.338 e. The smallest absolute Gasteiger partial charge is 0.338 e. The first-order chi connectivity index (χ1) is 13.7. The molecule has 9 heteroatoms. The highest BCUT2D eigenvalue weighted by Crippen LogP contribution is 2.58. The first kappa shape index (κ1) is 21.0. The summed E-state index contributed by atoms with van der Waals surface area (Å²) < 4.78 is 17.7. The summed E-state index contributed by atoms with van der Waals surface area (Å²) in [4.78, 5) is 13.1. The van der Waals surface area contributed by atoms with Gasteiger partial charge in [-0.25, -0.2) is 0 Å². The number of aliphatic hydroxyl groups is 1. The summed E-state index contributed by atoms with van der Waals surface area (Å²) in [6, 6.07) is 9.17. The van der Waals surface area contributed by atoms with Crippen molar-refractivity contribution in [3.8, 4) is 11.5 Å². The van der Waals surface area contributed by atoms with Gasteiger partial charge in [0.15, 0.2) is 11.5 Å². The maximum absolute atomic E-state index is 13.1. The minimum atomic E-state index is -2.13. The lowest BCUT2D eigenvalue weighted by Crippen LogP contribution is -2.71. The maximum atomic E-state index is 13.1. The fourth-order valence-electron chi connectivity index (χ4n) is 3.66. The van der Waals surface area contributed by atoms with Crippen LogP contribution in [0, 0.1) is 5.92 Å². The molecule has 0 amide bonds. The Bertz CT molecular complexity index is 983. The van der Waals surface area contributed by atoms with Gasteiger partial charge in [-0.05, 0) is 11.5 Å². The normalized spacial score (nSPS) is 28.2. The van der Waals surface area contributed by atoms with Crippen LogP contribution in [0.4, 0.5) is 0 Å². The Morgan fingerprint density at radius 1 is 1.03 bits per heavy atom. The summed E-state index contributed by atoms with van der Waals surface area (Å²) in [6.07, 6.45) is 0.198. The van der Waals surface area contributed by atoms with Gasteiger partial charge >= 0.3 is 5.79 Å². The van der Waals surface area contributed by atoms with Crippen molar-refractivity contribution in [2.45, 2.75) is 37.9 Å². The van der Waals surface area contributed by atoms with E-state index >= 15 is 0 Å². The zero-order valence-electron chi connectivity index (χ0n) is 15.2. The molecule has 2 aliphatic rings. The van der Waals surface area contributed by atoms with Crippen LogP contribution in [-0.2, 0) is 16.1 Å². The minimum Gasteiger partial charge on any atom is -0.449 e. The molecule has 1 fully saturated rings. The number of hydrogen-bond donors (Lipinski definition) is 1. The van der Waals surface area contributed by atoms with Crippen LogP contribution in [0.15, 0.2) is 30.3 Å². The van der Waals surface area contributed by atoms with Crippen LogP contribution >= 0.6 is 46.4 Å². The summed E-state index contributed by atoms with van der Waals surface area (Å²) in [5, 5.41) is 11.1. The van der Waals surface area contributed by atoms with Crippen molar-refractivity contribution in [1.29, 1.82) is 0 Å². The van der Waals surface area contributed by atoms with E-state index in [2.05, 4.69) is 0 Å². The molecule has 1 saturated carbocycles. The van der Waals surface area contributed by atoms with Gasteiger partial charge in [0.2, 0.25) is 5.78 Å². The Morgan fingerprint density at radius 3 is 2.24 bits per heavy atom. The molecule has 5 nitrogen and oxygen atoms in total. The highest BCUT2D eigenvalue weighted by Gasteiger charge is 2.68. The summed E-state index contributed by atoms with van der Waals surface area (Å²) >= 11 is 24.8. The van der Waals surface area contributed by atoms with Gasteiger partial charge in [0.05, 0.1) is 16.7 Å². The average Bonchev–Trinajstić information content (AvgIpc) is 2.69. The van der Waals surface area contributed by atoms with E-state index in [9.17, 15) is 9.90 Å². The van der Waals surface area contributed by atoms with Crippen molar-refractivity contribution in [2.75, 3.05) is 0 Å². The molecule has 1 aliphatic carbocycles. The molecule has 0 spiro atoms. The molecule has 0 radical (unpaired) electrons. The van der Waals surface area contributed by atoms with Gasteiger partial charge in [-0.1, -0.05) is 83.7 Å². The Morgan fingerprint density at radius 2 is 1.62 bits per heavy atom. The molecule has 3 atom stereocenters. The second kappa shape index (κ2) is 7.49. The molecular weight excluding hydrogens is 462 g/mol. The Balaban J connectivity index is 1.83. The molecule has 1 N–H and O–H groups in total. The quantitative estimate of drug-likeness (QED) is 0.455. The molecule has 29 heavy (non-hydrogen) atoms. The van der Waals surface area contributed by atoms with Crippen LogP contribution in [0.3, 0.4) is 0 Å². The third-order valence-electron chi connectivity index (χ3n) is 5.03. The molecule has 2 aromatic rings. The van der Waals surface area contributed by atoms with Crippen LogP contribution in [0.2, 0.25) is 20.1 Å². The van der Waals surface area contributed by atoms with Gasteiger partial charge in [-0.3, -0.25) is 4.79 Å². The first-order valence-corrected chi connectivity index (χ1v) is 10.4.